The lowest BCUT2D eigenvalue weighted by Crippen LogP contribution is -2.28. The summed E-state index contributed by atoms with van der Waals surface area (Å²) in [5, 5.41) is 9.48. The fourth-order valence-corrected chi connectivity index (χ4v) is 2.16. The monoisotopic (exact) mass is 214 g/mol. The molecular weight excluding hydrogens is 188 g/mol. The molecule has 0 saturated heterocycles. The van der Waals surface area contributed by atoms with Crippen molar-refractivity contribution in [1.82, 2.24) is 0 Å². The van der Waals surface area contributed by atoms with Gasteiger partial charge in [-0.3, -0.25) is 0 Å². The lowest BCUT2D eigenvalue weighted by Gasteiger charge is -2.30. The van der Waals surface area contributed by atoms with E-state index in [1.54, 1.807) is 0 Å². The molecule has 1 rings (SSSR count). The van der Waals surface area contributed by atoms with Gasteiger partial charge < -0.3 is 9.84 Å². The predicted molar refractivity (Wildman–Crippen MR) is 62.8 cm³/mol. The fourth-order valence-electron chi connectivity index (χ4n) is 2.16. The molecule has 15 heavy (non-hydrogen) atoms. The standard InChI is InChI=1S/C13H26O2/c1-4-10(2)9-15-13-7-5-12(6-8-13)11(3)14/h10-14H,4-9H2,1-3H3. The van der Waals surface area contributed by atoms with E-state index in [9.17, 15) is 5.11 Å². The molecule has 2 atom stereocenters. The van der Waals surface area contributed by atoms with E-state index in [1.807, 2.05) is 6.92 Å². The van der Waals surface area contributed by atoms with Gasteiger partial charge in [-0.1, -0.05) is 20.3 Å². The van der Waals surface area contributed by atoms with Crippen molar-refractivity contribution in [1.29, 1.82) is 0 Å². The molecule has 0 bridgehead atoms. The second-order valence-corrected chi connectivity index (χ2v) is 5.12. The zero-order valence-corrected chi connectivity index (χ0v) is 10.4. The van der Waals surface area contributed by atoms with Crippen LogP contribution >= 0.6 is 0 Å². The molecule has 1 saturated carbocycles. The maximum absolute atomic E-state index is 9.48. The van der Waals surface area contributed by atoms with Crippen molar-refractivity contribution in [3.05, 3.63) is 0 Å². The zero-order valence-electron chi connectivity index (χ0n) is 10.4. The van der Waals surface area contributed by atoms with Gasteiger partial charge >= 0.3 is 0 Å². The number of aliphatic hydroxyl groups excluding tert-OH is 1. The first-order valence-electron chi connectivity index (χ1n) is 6.43. The van der Waals surface area contributed by atoms with E-state index in [0.29, 0.717) is 17.9 Å². The maximum Gasteiger partial charge on any atom is 0.0575 e. The molecule has 2 nitrogen and oxygen atoms in total. The molecular formula is C13H26O2. The van der Waals surface area contributed by atoms with Crippen LogP contribution in [-0.2, 0) is 4.74 Å². The van der Waals surface area contributed by atoms with Crippen LogP contribution in [0.1, 0.15) is 52.9 Å². The lowest BCUT2D eigenvalue weighted by molar-refractivity contribution is -0.0138. The van der Waals surface area contributed by atoms with Gasteiger partial charge in [-0.15, -0.1) is 0 Å². The maximum atomic E-state index is 9.48. The molecule has 0 amide bonds. The highest BCUT2D eigenvalue weighted by Gasteiger charge is 2.24. The molecule has 0 aromatic rings. The normalized spacial score (nSPS) is 31.2. The van der Waals surface area contributed by atoms with Gasteiger partial charge in [-0.05, 0) is 44.4 Å². The Balaban J connectivity index is 2.14. The molecule has 1 aliphatic rings. The van der Waals surface area contributed by atoms with Gasteiger partial charge in [0.25, 0.3) is 0 Å². The van der Waals surface area contributed by atoms with E-state index in [0.717, 1.165) is 32.3 Å². The summed E-state index contributed by atoms with van der Waals surface area (Å²) in [6.07, 6.45) is 6.03. The van der Waals surface area contributed by atoms with Crippen LogP contribution in [0.5, 0.6) is 0 Å². The Kier molecular flexibility index (Phi) is 5.62. The fraction of sp³-hybridized carbons (Fsp3) is 1.00. The highest BCUT2D eigenvalue weighted by Crippen LogP contribution is 2.28. The molecule has 1 N–H and O–H groups in total. The van der Waals surface area contributed by atoms with E-state index in [2.05, 4.69) is 13.8 Å². The minimum absolute atomic E-state index is 0.138. The first kappa shape index (κ1) is 13.0. The van der Waals surface area contributed by atoms with Crippen molar-refractivity contribution in [2.75, 3.05) is 6.61 Å². The quantitative estimate of drug-likeness (QED) is 0.762. The molecule has 2 unspecified atom stereocenters. The van der Waals surface area contributed by atoms with Crippen molar-refractivity contribution in [3.8, 4) is 0 Å². The second kappa shape index (κ2) is 6.49. The molecule has 2 heteroatoms. The SMILES string of the molecule is CCC(C)COC1CCC(C(C)O)CC1. The van der Waals surface area contributed by atoms with Crippen LogP contribution in [0.15, 0.2) is 0 Å². The Morgan fingerprint density at radius 2 is 1.80 bits per heavy atom. The average molecular weight is 214 g/mol. The summed E-state index contributed by atoms with van der Waals surface area (Å²) >= 11 is 0. The van der Waals surface area contributed by atoms with Gasteiger partial charge in [-0.25, -0.2) is 0 Å². The van der Waals surface area contributed by atoms with Crippen molar-refractivity contribution in [2.45, 2.75) is 65.1 Å². The average Bonchev–Trinajstić information content (AvgIpc) is 2.26. The summed E-state index contributed by atoms with van der Waals surface area (Å²) in [6, 6.07) is 0. The molecule has 0 aromatic heterocycles. The topological polar surface area (TPSA) is 29.5 Å². The largest absolute Gasteiger partial charge is 0.393 e. The van der Waals surface area contributed by atoms with Crippen LogP contribution in [0.2, 0.25) is 0 Å². The first-order chi connectivity index (χ1) is 7.13. The van der Waals surface area contributed by atoms with E-state index in [-0.39, 0.29) is 6.10 Å². The number of hydrogen-bond acceptors (Lipinski definition) is 2. The van der Waals surface area contributed by atoms with E-state index in [1.165, 1.54) is 6.42 Å². The van der Waals surface area contributed by atoms with Gasteiger partial charge in [0.2, 0.25) is 0 Å². The molecule has 0 heterocycles. The van der Waals surface area contributed by atoms with Gasteiger partial charge in [0, 0.05) is 6.61 Å². The highest BCUT2D eigenvalue weighted by molar-refractivity contribution is 4.75. The van der Waals surface area contributed by atoms with Crippen LogP contribution < -0.4 is 0 Å². The number of rotatable bonds is 5. The van der Waals surface area contributed by atoms with E-state index >= 15 is 0 Å². The summed E-state index contributed by atoms with van der Waals surface area (Å²) in [5.41, 5.74) is 0. The molecule has 1 aliphatic carbocycles. The smallest absolute Gasteiger partial charge is 0.0575 e. The van der Waals surface area contributed by atoms with Crippen LogP contribution in [0.25, 0.3) is 0 Å². The second-order valence-electron chi connectivity index (χ2n) is 5.12. The molecule has 1 fully saturated rings. The molecule has 0 radical (unpaired) electrons. The summed E-state index contributed by atoms with van der Waals surface area (Å²) < 4.78 is 5.88. The molecule has 90 valence electrons. The van der Waals surface area contributed by atoms with Crippen LogP contribution in [0, 0.1) is 11.8 Å². The Bertz CT molecular complexity index is 160. The number of ether oxygens (including phenoxy) is 1. The molecule has 0 aromatic carbocycles. The van der Waals surface area contributed by atoms with Crippen molar-refractivity contribution in [2.24, 2.45) is 11.8 Å². The Morgan fingerprint density at radius 1 is 1.20 bits per heavy atom. The first-order valence-corrected chi connectivity index (χ1v) is 6.43. The minimum atomic E-state index is -0.138. The third-order valence-corrected chi connectivity index (χ3v) is 3.71. The lowest BCUT2D eigenvalue weighted by atomic mass is 9.84. The van der Waals surface area contributed by atoms with Crippen molar-refractivity contribution < 1.29 is 9.84 Å². The van der Waals surface area contributed by atoms with Crippen molar-refractivity contribution >= 4 is 0 Å². The predicted octanol–water partition coefficient (Wildman–Crippen LogP) is 2.99. The summed E-state index contributed by atoms with van der Waals surface area (Å²) in [7, 11) is 0. The van der Waals surface area contributed by atoms with Crippen molar-refractivity contribution in [3.63, 3.8) is 0 Å². The summed E-state index contributed by atoms with van der Waals surface area (Å²) in [4.78, 5) is 0. The Labute approximate surface area is 94.0 Å². The van der Waals surface area contributed by atoms with Crippen LogP contribution in [0.4, 0.5) is 0 Å². The molecule has 0 spiro atoms. The summed E-state index contributed by atoms with van der Waals surface area (Å²) in [6.45, 7) is 7.26. The van der Waals surface area contributed by atoms with Gasteiger partial charge in [-0.2, -0.15) is 0 Å². The van der Waals surface area contributed by atoms with Gasteiger partial charge in [0.1, 0.15) is 0 Å². The highest BCUT2D eigenvalue weighted by atomic mass is 16.5. The summed E-state index contributed by atoms with van der Waals surface area (Å²) in [5.74, 6) is 1.19. The van der Waals surface area contributed by atoms with Crippen LogP contribution in [-0.4, -0.2) is 23.9 Å². The number of aliphatic hydroxyl groups is 1. The minimum Gasteiger partial charge on any atom is -0.393 e. The van der Waals surface area contributed by atoms with E-state index in [4.69, 9.17) is 4.74 Å². The number of hydrogen-bond donors (Lipinski definition) is 1. The van der Waals surface area contributed by atoms with Crippen LogP contribution in [0.3, 0.4) is 0 Å². The Morgan fingerprint density at radius 3 is 2.27 bits per heavy atom. The third-order valence-electron chi connectivity index (χ3n) is 3.71. The van der Waals surface area contributed by atoms with Gasteiger partial charge in [0.05, 0.1) is 12.2 Å². The van der Waals surface area contributed by atoms with Gasteiger partial charge in [0.15, 0.2) is 0 Å². The molecule has 0 aliphatic heterocycles. The third kappa shape index (κ3) is 4.52. The van der Waals surface area contributed by atoms with E-state index < -0.39 is 0 Å². The Hall–Kier alpha value is -0.0800. The zero-order chi connectivity index (χ0) is 11.3.